The van der Waals surface area contributed by atoms with E-state index in [9.17, 15) is 4.79 Å². The average Bonchev–Trinajstić information content (AvgIpc) is 2.02. The van der Waals surface area contributed by atoms with Crippen LogP contribution in [0.5, 0.6) is 0 Å². The zero-order chi connectivity index (χ0) is 10.1. The van der Waals surface area contributed by atoms with Gasteiger partial charge in [-0.25, -0.2) is 0 Å². The first kappa shape index (κ1) is 12.8. The maximum absolute atomic E-state index is 10.6. The molecule has 0 rings (SSSR count). The summed E-state index contributed by atoms with van der Waals surface area (Å²) in [5.74, 6) is -0.0476. The second-order valence-corrected chi connectivity index (χ2v) is 3.90. The summed E-state index contributed by atoms with van der Waals surface area (Å²) in [5.41, 5.74) is -0.181. The van der Waals surface area contributed by atoms with Gasteiger partial charge in [0.05, 0.1) is 0 Å². The molecule has 1 unspecified atom stereocenters. The van der Waals surface area contributed by atoms with Gasteiger partial charge in [0.2, 0.25) is 5.91 Å². The minimum absolute atomic E-state index is 0.0476. The van der Waals surface area contributed by atoms with Crippen molar-refractivity contribution in [2.24, 2.45) is 0 Å². The van der Waals surface area contributed by atoms with Crippen LogP contribution in [0.25, 0.3) is 0 Å². The Kier molecular flexibility index (Phi) is 8.21. The van der Waals surface area contributed by atoms with Crippen molar-refractivity contribution < 1.29 is 4.79 Å². The summed E-state index contributed by atoms with van der Waals surface area (Å²) >= 11 is 5.86. The van der Waals surface area contributed by atoms with E-state index in [1.807, 2.05) is 0 Å². The summed E-state index contributed by atoms with van der Waals surface area (Å²) in [6.45, 7) is 3.69. The second kappa shape index (κ2) is 8.36. The summed E-state index contributed by atoms with van der Waals surface area (Å²) in [5, 5.41) is 2.66. The molecule has 1 amide bonds. The van der Waals surface area contributed by atoms with E-state index in [4.69, 9.17) is 11.6 Å². The van der Waals surface area contributed by atoms with Crippen molar-refractivity contribution >= 4 is 17.5 Å². The van der Waals surface area contributed by atoms with E-state index in [2.05, 4.69) is 12.2 Å². The van der Waals surface area contributed by atoms with Crippen LogP contribution >= 0.6 is 11.6 Å². The van der Waals surface area contributed by atoms with Gasteiger partial charge in [-0.1, -0.05) is 50.6 Å². The number of hydrogen-bond acceptors (Lipinski definition) is 1. The number of rotatable bonds is 7. The van der Waals surface area contributed by atoms with Crippen LogP contribution in [0.3, 0.4) is 0 Å². The quantitative estimate of drug-likeness (QED) is 0.386. The normalized spacial score (nSPS) is 12.5. The Bertz CT molecular complexity index is 139. The van der Waals surface area contributed by atoms with E-state index >= 15 is 0 Å². The maximum Gasteiger partial charge on any atom is 0.218 e. The molecule has 0 aliphatic heterocycles. The number of carbonyl (C=O) groups is 1. The van der Waals surface area contributed by atoms with Gasteiger partial charge in [-0.15, -0.1) is 0 Å². The highest BCUT2D eigenvalue weighted by Crippen LogP contribution is 2.09. The molecule has 0 saturated heterocycles. The SMILES string of the molecule is CCCCCCCC(Cl)NC(C)=O. The van der Waals surface area contributed by atoms with Crippen LogP contribution in [0.1, 0.15) is 52.4 Å². The summed E-state index contributed by atoms with van der Waals surface area (Å²) in [7, 11) is 0. The third-order valence-corrected chi connectivity index (χ3v) is 2.25. The minimum Gasteiger partial charge on any atom is -0.340 e. The van der Waals surface area contributed by atoms with E-state index in [1.165, 1.54) is 32.6 Å². The fourth-order valence-corrected chi connectivity index (χ4v) is 1.53. The van der Waals surface area contributed by atoms with Crippen LogP contribution in [-0.2, 0) is 4.79 Å². The number of alkyl halides is 1. The van der Waals surface area contributed by atoms with E-state index in [1.54, 1.807) is 0 Å². The molecule has 1 N–H and O–H groups in total. The number of hydrogen-bond donors (Lipinski definition) is 1. The van der Waals surface area contributed by atoms with Crippen LogP contribution in [0.4, 0.5) is 0 Å². The lowest BCUT2D eigenvalue weighted by Crippen LogP contribution is -2.28. The van der Waals surface area contributed by atoms with Gasteiger partial charge in [0, 0.05) is 6.92 Å². The molecule has 0 fully saturated rings. The maximum atomic E-state index is 10.6. The van der Waals surface area contributed by atoms with Crippen molar-refractivity contribution in [3.05, 3.63) is 0 Å². The van der Waals surface area contributed by atoms with Gasteiger partial charge in [0.15, 0.2) is 0 Å². The summed E-state index contributed by atoms with van der Waals surface area (Å²) < 4.78 is 0. The molecule has 0 aliphatic carbocycles. The van der Waals surface area contributed by atoms with Gasteiger partial charge < -0.3 is 5.32 Å². The highest BCUT2D eigenvalue weighted by Gasteiger charge is 2.03. The van der Waals surface area contributed by atoms with E-state index in [0.29, 0.717) is 0 Å². The standard InChI is InChI=1S/C10H20ClNO/c1-3-4-5-6-7-8-10(11)12-9(2)13/h10H,3-8H2,1-2H3,(H,12,13). The van der Waals surface area contributed by atoms with Gasteiger partial charge in [0.25, 0.3) is 0 Å². The smallest absolute Gasteiger partial charge is 0.218 e. The molecule has 0 aromatic carbocycles. The summed E-state index contributed by atoms with van der Waals surface area (Å²) in [6, 6.07) is 0. The van der Waals surface area contributed by atoms with Crippen molar-refractivity contribution in [2.45, 2.75) is 57.9 Å². The Morgan fingerprint density at radius 1 is 1.31 bits per heavy atom. The van der Waals surface area contributed by atoms with Crippen molar-refractivity contribution in [2.75, 3.05) is 0 Å². The van der Waals surface area contributed by atoms with E-state index in [-0.39, 0.29) is 11.4 Å². The fourth-order valence-electron chi connectivity index (χ4n) is 1.22. The lowest BCUT2D eigenvalue weighted by Gasteiger charge is -2.09. The highest BCUT2D eigenvalue weighted by molar-refractivity contribution is 6.21. The Balaban J connectivity index is 3.17. The van der Waals surface area contributed by atoms with Gasteiger partial charge in [0.1, 0.15) is 5.50 Å². The molecule has 0 heterocycles. The van der Waals surface area contributed by atoms with Gasteiger partial charge in [-0.05, 0) is 6.42 Å². The number of halogens is 1. The van der Waals surface area contributed by atoms with Gasteiger partial charge >= 0.3 is 0 Å². The van der Waals surface area contributed by atoms with Crippen LogP contribution < -0.4 is 5.32 Å². The Morgan fingerprint density at radius 2 is 1.92 bits per heavy atom. The van der Waals surface area contributed by atoms with E-state index in [0.717, 1.165) is 12.8 Å². The summed E-state index contributed by atoms with van der Waals surface area (Å²) in [4.78, 5) is 10.6. The molecule has 0 spiro atoms. The van der Waals surface area contributed by atoms with Gasteiger partial charge in [-0.2, -0.15) is 0 Å². The van der Waals surface area contributed by atoms with Crippen molar-refractivity contribution in [3.8, 4) is 0 Å². The van der Waals surface area contributed by atoms with Crippen molar-refractivity contribution in [3.63, 3.8) is 0 Å². The van der Waals surface area contributed by atoms with Crippen molar-refractivity contribution in [1.82, 2.24) is 5.32 Å². The molecule has 0 aromatic rings. The second-order valence-electron chi connectivity index (χ2n) is 3.37. The topological polar surface area (TPSA) is 29.1 Å². The Labute approximate surface area is 86.0 Å². The number of carbonyl (C=O) groups excluding carboxylic acids is 1. The molecule has 0 aromatic heterocycles. The first-order valence-electron chi connectivity index (χ1n) is 5.08. The van der Waals surface area contributed by atoms with E-state index < -0.39 is 0 Å². The number of unbranched alkanes of at least 4 members (excludes halogenated alkanes) is 4. The first-order valence-corrected chi connectivity index (χ1v) is 5.51. The third kappa shape index (κ3) is 9.68. The molecule has 3 heteroatoms. The summed E-state index contributed by atoms with van der Waals surface area (Å²) in [6.07, 6.45) is 7.04. The average molecular weight is 206 g/mol. The van der Waals surface area contributed by atoms with Crippen LogP contribution in [0.2, 0.25) is 0 Å². The zero-order valence-corrected chi connectivity index (χ0v) is 9.36. The lowest BCUT2D eigenvalue weighted by molar-refractivity contribution is -0.119. The molecule has 0 aliphatic rings. The Morgan fingerprint density at radius 3 is 2.46 bits per heavy atom. The van der Waals surface area contributed by atoms with Crippen LogP contribution in [0, 0.1) is 0 Å². The third-order valence-electron chi connectivity index (χ3n) is 1.92. The molecule has 1 atom stereocenters. The number of nitrogens with one attached hydrogen (secondary N) is 1. The van der Waals surface area contributed by atoms with Gasteiger partial charge in [-0.3, -0.25) is 4.79 Å². The number of amides is 1. The molecular formula is C10H20ClNO. The highest BCUT2D eigenvalue weighted by atomic mass is 35.5. The molecule has 2 nitrogen and oxygen atoms in total. The minimum atomic E-state index is -0.181. The molecule has 0 bridgehead atoms. The molecule has 0 saturated carbocycles. The Hall–Kier alpha value is -0.240. The lowest BCUT2D eigenvalue weighted by atomic mass is 10.1. The van der Waals surface area contributed by atoms with Crippen LogP contribution in [-0.4, -0.2) is 11.4 Å². The monoisotopic (exact) mass is 205 g/mol. The first-order chi connectivity index (χ1) is 6.16. The van der Waals surface area contributed by atoms with Crippen LogP contribution in [0.15, 0.2) is 0 Å². The zero-order valence-electron chi connectivity index (χ0n) is 8.61. The van der Waals surface area contributed by atoms with Crippen molar-refractivity contribution in [1.29, 1.82) is 0 Å². The predicted octanol–water partition coefficient (Wildman–Crippen LogP) is 3.05. The molecule has 0 radical (unpaired) electrons. The predicted molar refractivity (Wildman–Crippen MR) is 56.8 cm³/mol. The molecular weight excluding hydrogens is 186 g/mol. The largest absolute Gasteiger partial charge is 0.340 e. The fraction of sp³-hybridized carbons (Fsp3) is 0.900. The molecule has 78 valence electrons. The molecule has 13 heavy (non-hydrogen) atoms.